The quantitative estimate of drug-likeness (QED) is 0.459. The summed E-state index contributed by atoms with van der Waals surface area (Å²) in [5.74, 6) is 2.16. The first kappa shape index (κ1) is 21.4. The van der Waals surface area contributed by atoms with Crippen molar-refractivity contribution in [3.8, 4) is 17.1 Å². The predicted molar refractivity (Wildman–Crippen MR) is 132 cm³/mol. The molecule has 1 aliphatic heterocycles. The number of hydrogen-bond acceptors (Lipinski definition) is 7. The van der Waals surface area contributed by atoms with E-state index in [1.807, 2.05) is 35.0 Å². The van der Waals surface area contributed by atoms with Crippen molar-refractivity contribution in [2.45, 2.75) is 51.1 Å². The van der Waals surface area contributed by atoms with Crippen molar-refractivity contribution in [3.05, 3.63) is 72.7 Å². The highest BCUT2D eigenvalue weighted by atomic mass is 16.1. The number of nitrogens with one attached hydrogen (secondary N) is 1. The maximum atomic E-state index is 12.8. The number of benzene rings is 1. The molecule has 0 saturated heterocycles. The first-order valence-electron chi connectivity index (χ1n) is 12.1. The zero-order valence-corrected chi connectivity index (χ0v) is 19.5. The molecule has 176 valence electrons. The molecule has 6 rings (SSSR count). The van der Waals surface area contributed by atoms with Crippen LogP contribution in [0.2, 0.25) is 0 Å². The fraction of sp³-hybridized carbons (Fsp3) is 0.308. The zero-order valence-electron chi connectivity index (χ0n) is 19.5. The number of nitrogens with zero attached hydrogens (tertiary/aromatic N) is 7. The van der Waals surface area contributed by atoms with Crippen LogP contribution in [0.15, 0.2) is 61.3 Å². The van der Waals surface area contributed by atoms with Crippen LogP contribution >= 0.6 is 0 Å². The lowest BCUT2D eigenvalue weighted by molar-refractivity contribution is 0.102. The Morgan fingerprint density at radius 2 is 1.94 bits per heavy atom. The van der Waals surface area contributed by atoms with Gasteiger partial charge in [0.15, 0.2) is 17.5 Å². The van der Waals surface area contributed by atoms with Crippen LogP contribution in [0.1, 0.15) is 61.3 Å². The fourth-order valence-electron chi connectivity index (χ4n) is 5.25. The number of carbonyl (C=O) groups is 1. The summed E-state index contributed by atoms with van der Waals surface area (Å²) >= 11 is 0. The third-order valence-corrected chi connectivity index (χ3v) is 6.91. The maximum absolute atomic E-state index is 12.8. The molecule has 1 aromatic carbocycles. The molecular weight excluding hydrogens is 440 g/mol. The number of fused-ring (bicyclic) bond motifs is 3. The second-order valence-corrected chi connectivity index (χ2v) is 8.97. The summed E-state index contributed by atoms with van der Waals surface area (Å²) in [5, 5.41) is 11.6. The van der Waals surface area contributed by atoms with Gasteiger partial charge in [0.1, 0.15) is 12.0 Å². The summed E-state index contributed by atoms with van der Waals surface area (Å²) in [7, 11) is 0. The van der Waals surface area contributed by atoms with Crippen LogP contribution in [0.4, 0.5) is 11.5 Å². The number of aromatic nitrogens is 6. The van der Waals surface area contributed by atoms with E-state index < -0.39 is 0 Å². The molecule has 1 atom stereocenters. The Balaban J connectivity index is 1.43. The van der Waals surface area contributed by atoms with Gasteiger partial charge in [0.2, 0.25) is 0 Å². The van der Waals surface area contributed by atoms with Crippen molar-refractivity contribution >= 4 is 17.4 Å². The second-order valence-electron chi connectivity index (χ2n) is 8.97. The Morgan fingerprint density at radius 1 is 1.11 bits per heavy atom. The number of carbonyl (C=O) groups excluding carboxylic acids is 1. The van der Waals surface area contributed by atoms with Gasteiger partial charge in [0.25, 0.3) is 5.91 Å². The van der Waals surface area contributed by atoms with Gasteiger partial charge in [-0.1, -0.05) is 38.0 Å². The number of rotatable bonds is 5. The molecule has 0 unspecified atom stereocenters. The molecule has 1 saturated carbocycles. The molecule has 4 aromatic rings. The van der Waals surface area contributed by atoms with E-state index in [0.29, 0.717) is 23.1 Å². The third kappa shape index (κ3) is 3.73. The van der Waals surface area contributed by atoms with Crippen molar-refractivity contribution < 1.29 is 4.79 Å². The van der Waals surface area contributed by atoms with Gasteiger partial charge in [-0.2, -0.15) is 0 Å². The average Bonchev–Trinajstić information content (AvgIpc) is 3.61. The van der Waals surface area contributed by atoms with E-state index in [0.717, 1.165) is 42.2 Å². The average molecular weight is 467 g/mol. The standard InChI is InChI=1S/C26H26N8O/c1-2-21-25-32-29-16-33(25)22-15-28-23(31-24(22)34(21)18-10-6-7-11-18)19-12-13-27-14-20(19)30-26(35)17-8-4-3-5-9-17/h3-5,8-9,12-16,18,21H,2,6-7,10-11H2,1H3,(H,30,35)/t21-/m1/s1. The number of pyridine rings is 1. The van der Waals surface area contributed by atoms with Crippen molar-refractivity contribution in [1.29, 1.82) is 0 Å². The molecule has 1 fully saturated rings. The highest BCUT2D eigenvalue weighted by Crippen LogP contribution is 2.43. The van der Waals surface area contributed by atoms with E-state index >= 15 is 0 Å². The van der Waals surface area contributed by atoms with Crippen LogP contribution in [0, 0.1) is 0 Å². The van der Waals surface area contributed by atoms with Crippen LogP contribution in [0.3, 0.4) is 0 Å². The highest BCUT2D eigenvalue weighted by Gasteiger charge is 2.38. The van der Waals surface area contributed by atoms with Crippen LogP contribution in [0.25, 0.3) is 17.1 Å². The SMILES string of the molecule is CC[C@@H]1c2nncn2-c2cnc(-c3ccncc3NC(=O)c3ccccc3)nc2N1C1CCCC1. The molecule has 0 radical (unpaired) electrons. The smallest absolute Gasteiger partial charge is 0.255 e. The van der Waals surface area contributed by atoms with E-state index in [-0.39, 0.29) is 11.9 Å². The topological polar surface area (TPSA) is 102 Å². The predicted octanol–water partition coefficient (Wildman–Crippen LogP) is 4.59. The van der Waals surface area contributed by atoms with Gasteiger partial charge in [-0.3, -0.25) is 14.3 Å². The van der Waals surface area contributed by atoms with E-state index in [9.17, 15) is 4.79 Å². The number of amides is 1. The lowest BCUT2D eigenvalue weighted by atomic mass is 10.0. The molecule has 1 N–H and O–H groups in total. The number of hydrogen-bond donors (Lipinski definition) is 1. The molecule has 0 spiro atoms. The first-order chi connectivity index (χ1) is 17.2. The Hall–Kier alpha value is -4.14. The lowest BCUT2D eigenvalue weighted by Crippen LogP contribution is -2.42. The largest absolute Gasteiger partial charge is 0.342 e. The zero-order chi connectivity index (χ0) is 23.8. The minimum absolute atomic E-state index is 0.102. The van der Waals surface area contributed by atoms with Crippen LogP contribution in [-0.4, -0.2) is 41.7 Å². The van der Waals surface area contributed by atoms with E-state index in [4.69, 9.17) is 9.97 Å². The van der Waals surface area contributed by atoms with Gasteiger partial charge in [-0.15, -0.1) is 10.2 Å². The Morgan fingerprint density at radius 3 is 2.74 bits per heavy atom. The van der Waals surface area contributed by atoms with E-state index in [1.54, 1.807) is 30.9 Å². The molecule has 3 aromatic heterocycles. The van der Waals surface area contributed by atoms with Gasteiger partial charge in [-0.25, -0.2) is 9.97 Å². The molecule has 0 bridgehead atoms. The molecule has 4 heterocycles. The van der Waals surface area contributed by atoms with Crippen molar-refractivity contribution in [3.63, 3.8) is 0 Å². The van der Waals surface area contributed by atoms with Gasteiger partial charge in [-0.05, 0) is 37.5 Å². The Labute approximate surface area is 203 Å². The van der Waals surface area contributed by atoms with E-state index in [2.05, 4.69) is 32.3 Å². The molecule has 35 heavy (non-hydrogen) atoms. The maximum Gasteiger partial charge on any atom is 0.255 e. The first-order valence-corrected chi connectivity index (χ1v) is 12.1. The summed E-state index contributed by atoms with van der Waals surface area (Å²) in [5.41, 5.74) is 2.75. The van der Waals surface area contributed by atoms with Crippen LogP contribution < -0.4 is 10.2 Å². The Bertz CT molecular complexity index is 1360. The molecule has 9 nitrogen and oxygen atoms in total. The van der Waals surface area contributed by atoms with Gasteiger partial charge < -0.3 is 10.2 Å². The number of anilines is 2. The van der Waals surface area contributed by atoms with Gasteiger partial charge >= 0.3 is 0 Å². The fourth-order valence-corrected chi connectivity index (χ4v) is 5.25. The highest BCUT2D eigenvalue weighted by molar-refractivity contribution is 6.05. The van der Waals surface area contributed by atoms with Crippen LogP contribution in [-0.2, 0) is 0 Å². The molecule has 9 heteroatoms. The summed E-state index contributed by atoms with van der Waals surface area (Å²) in [4.78, 5) is 29.3. The summed E-state index contributed by atoms with van der Waals surface area (Å²) in [6.45, 7) is 2.18. The van der Waals surface area contributed by atoms with Gasteiger partial charge in [0.05, 0.1) is 24.1 Å². The normalized spacial score (nSPS) is 17.2. The van der Waals surface area contributed by atoms with Crippen LogP contribution in [0.5, 0.6) is 0 Å². The van der Waals surface area contributed by atoms with Gasteiger partial charge in [0, 0.05) is 23.4 Å². The summed E-state index contributed by atoms with van der Waals surface area (Å²) in [6, 6.07) is 11.5. The minimum atomic E-state index is -0.203. The molecule has 2 aliphatic rings. The molecule has 1 aliphatic carbocycles. The van der Waals surface area contributed by atoms with E-state index in [1.165, 1.54) is 12.8 Å². The molecule has 1 amide bonds. The third-order valence-electron chi connectivity index (χ3n) is 6.91. The van der Waals surface area contributed by atoms with Crippen molar-refractivity contribution in [2.24, 2.45) is 0 Å². The summed E-state index contributed by atoms with van der Waals surface area (Å²) in [6.07, 6.45) is 12.5. The lowest BCUT2D eigenvalue weighted by Gasteiger charge is -2.40. The Kier molecular flexibility index (Phi) is 5.44. The van der Waals surface area contributed by atoms with Crippen molar-refractivity contribution in [1.82, 2.24) is 29.7 Å². The summed E-state index contributed by atoms with van der Waals surface area (Å²) < 4.78 is 2.00. The van der Waals surface area contributed by atoms with Crippen molar-refractivity contribution in [2.75, 3.05) is 10.2 Å². The molecular formula is C26H26N8O. The monoisotopic (exact) mass is 466 g/mol. The minimum Gasteiger partial charge on any atom is -0.342 e. The second kappa shape index (κ2) is 8.90.